The van der Waals surface area contributed by atoms with E-state index in [9.17, 15) is 19.2 Å². The van der Waals surface area contributed by atoms with Gasteiger partial charge in [0.1, 0.15) is 12.6 Å². The van der Waals surface area contributed by atoms with Crippen molar-refractivity contribution >= 4 is 23.9 Å². The summed E-state index contributed by atoms with van der Waals surface area (Å²) in [4.78, 5) is 49.5. The van der Waals surface area contributed by atoms with Crippen LogP contribution in [0.5, 0.6) is 11.5 Å². The smallest absolute Gasteiger partial charge is 0.323 e. The minimum atomic E-state index is -0.727. The molecule has 9 nitrogen and oxygen atoms in total. The maximum absolute atomic E-state index is 12.7. The molecule has 0 aliphatic rings. The molecule has 0 bridgehead atoms. The fourth-order valence-corrected chi connectivity index (χ4v) is 3.97. The summed E-state index contributed by atoms with van der Waals surface area (Å²) < 4.78 is 21.4. The lowest BCUT2D eigenvalue weighted by molar-refractivity contribution is -0.144. The molecule has 1 rings (SSSR count). The quantitative estimate of drug-likeness (QED) is 0.142. The van der Waals surface area contributed by atoms with E-state index >= 15 is 0 Å². The van der Waals surface area contributed by atoms with Crippen molar-refractivity contribution in [2.75, 3.05) is 20.3 Å². The van der Waals surface area contributed by atoms with Crippen LogP contribution in [0.15, 0.2) is 18.2 Å². The maximum atomic E-state index is 12.7. The van der Waals surface area contributed by atoms with E-state index in [1.807, 2.05) is 13.8 Å². The van der Waals surface area contributed by atoms with Crippen molar-refractivity contribution in [1.29, 1.82) is 0 Å². The van der Waals surface area contributed by atoms with Crippen LogP contribution in [-0.4, -0.2) is 50.2 Å². The summed E-state index contributed by atoms with van der Waals surface area (Å²) >= 11 is 0. The van der Waals surface area contributed by atoms with Gasteiger partial charge < -0.3 is 24.3 Å². The summed E-state index contributed by atoms with van der Waals surface area (Å²) in [6, 6.07) is 4.17. The van der Waals surface area contributed by atoms with Crippen LogP contribution in [0.4, 0.5) is 0 Å². The second kappa shape index (κ2) is 19.2. The number of ether oxygens (including phenoxy) is 4. The third-order valence-corrected chi connectivity index (χ3v) is 6.34. The van der Waals surface area contributed by atoms with Gasteiger partial charge in [0.05, 0.1) is 18.9 Å². The molecule has 0 aromatic heterocycles. The number of unbranched alkanes of at least 4 members (excludes halogenated alkanes) is 2. The predicted octanol–water partition coefficient (Wildman–Crippen LogP) is 5.17. The van der Waals surface area contributed by atoms with Gasteiger partial charge in [-0.3, -0.25) is 19.2 Å². The van der Waals surface area contributed by atoms with Gasteiger partial charge in [0.25, 0.3) is 0 Å². The second-order valence-electron chi connectivity index (χ2n) is 9.91. The summed E-state index contributed by atoms with van der Waals surface area (Å²) in [6.45, 7) is 10.0. The zero-order valence-electron chi connectivity index (χ0n) is 24.5. The number of rotatable bonds is 19. The van der Waals surface area contributed by atoms with Crippen molar-refractivity contribution in [3.63, 3.8) is 0 Å². The first-order valence-corrected chi connectivity index (χ1v) is 14.2. The summed E-state index contributed by atoms with van der Waals surface area (Å²) in [6.07, 6.45) is 6.39. The summed E-state index contributed by atoms with van der Waals surface area (Å²) in [5, 5.41) is 3.07. The third-order valence-electron chi connectivity index (χ3n) is 6.34. The number of carbonyl (C=O) groups excluding carboxylic acids is 4. The lowest BCUT2D eigenvalue weighted by Crippen LogP contribution is -2.41. The Morgan fingerprint density at radius 1 is 0.821 bits per heavy atom. The number of carbonyl (C=O) groups is 4. The molecule has 0 aliphatic carbocycles. The molecule has 220 valence electrons. The Labute approximate surface area is 233 Å². The highest BCUT2D eigenvalue weighted by Gasteiger charge is 2.24. The molecule has 0 saturated carbocycles. The molecule has 1 aromatic rings. The van der Waals surface area contributed by atoms with Gasteiger partial charge >= 0.3 is 23.9 Å². The van der Waals surface area contributed by atoms with Gasteiger partial charge in [-0.1, -0.05) is 66.4 Å². The van der Waals surface area contributed by atoms with Crippen molar-refractivity contribution in [3.05, 3.63) is 23.8 Å². The summed E-state index contributed by atoms with van der Waals surface area (Å²) in [5.74, 6) is -1.91. The highest BCUT2D eigenvalue weighted by Crippen LogP contribution is 2.31. The first-order chi connectivity index (χ1) is 18.7. The van der Waals surface area contributed by atoms with Crippen molar-refractivity contribution in [3.8, 4) is 11.5 Å². The fourth-order valence-electron chi connectivity index (χ4n) is 3.97. The molecule has 1 N–H and O–H groups in total. The average molecular weight is 550 g/mol. The van der Waals surface area contributed by atoms with Gasteiger partial charge in [-0.15, -0.1) is 0 Å². The van der Waals surface area contributed by atoms with Gasteiger partial charge in [0.15, 0.2) is 11.5 Å². The Morgan fingerprint density at radius 2 is 1.44 bits per heavy atom. The molecule has 3 atom stereocenters. The van der Waals surface area contributed by atoms with Crippen LogP contribution < -0.4 is 14.8 Å². The molecule has 0 radical (unpaired) electrons. The molecule has 1 aromatic carbocycles. The number of esters is 4. The second-order valence-corrected chi connectivity index (χ2v) is 9.91. The first kappa shape index (κ1) is 34.1. The highest BCUT2D eigenvalue weighted by molar-refractivity contribution is 5.79. The van der Waals surface area contributed by atoms with Gasteiger partial charge in [0, 0.05) is 13.0 Å². The Hall–Kier alpha value is -2.94. The topological polar surface area (TPSA) is 117 Å². The molecule has 9 heteroatoms. The van der Waals surface area contributed by atoms with Gasteiger partial charge in [0.2, 0.25) is 0 Å². The van der Waals surface area contributed by atoms with Crippen LogP contribution in [0.25, 0.3) is 0 Å². The van der Waals surface area contributed by atoms with Gasteiger partial charge in [-0.25, -0.2) is 0 Å². The summed E-state index contributed by atoms with van der Waals surface area (Å²) in [7, 11) is 1.30. The lowest BCUT2D eigenvalue weighted by atomic mass is 10.0. The van der Waals surface area contributed by atoms with Crippen LogP contribution in [0.1, 0.15) is 91.5 Å². The molecule has 0 fully saturated rings. The van der Waals surface area contributed by atoms with E-state index in [0.29, 0.717) is 24.8 Å². The van der Waals surface area contributed by atoms with Crippen molar-refractivity contribution in [1.82, 2.24) is 5.32 Å². The van der Waals surface area contributed by atoms with Crippen molar-refractivity contribution in [2.45, 2.75) is 98.4 Å². The highest BCUT2D eigenvalue weighted by atomic mass is 16.6. The van der Waals surface area contributed by atoms with Crippen LogP contribution in [0.2, 0.25) is 0 Å². The maximum Gasteiger partial charge on any atom is 0.323 e. The average Bonchev–Trinajstić information content (AvgIpc) is 2.91. The first-order valence-electron chi connectivity index (χ1n) is 14.2. The molecule has 0 amide bonds. The minimum Gasteiger partial charge on any atom is -0.468 e. The van der Waals surface area contributed by atoms with Crippen molar-refractivity contribution < 1.29 is 38.1 Å². The SMILES string of the molecule is CCCCCC(=O)OCCN[C@@H](Cc1ccc(OC(=O)C(C)CCC)c(OC(=O)C(C)CCC)c1)C(=O)OC. The molecule has 39 heavy (non-hydrogen) atoms. The van der Waals surface area contributed by atoms with Crippen LogP contribution >= 0.6 is 0 Å². The largest absolute Gasteiger partial charge is 0.468 e. The van der Waals surface area contributed by atoms with E-state index in [-0.39, 0.29) is 48.9 Å². The van der Waals surface area contributed by atoms with Gasteiger partial charge in [-0.05, 0) is 43.4 Å². The molecule has 0 saturated heterocycles. The number of benzene rings is 1. The zero-order chi connectivity index (χ0) is 29.2. The molecule has 0 spiro atoms. The van der Waals surface area contributed by atoms with Crippen LogP contribution in [0, 0.1) is 11.8 Å². The van der Waals surface area contributed by atoms with Crippen LogP contribution in [0.3, 0.4) is 0 Å². The van der Waals surface area contributed by atoms with E-state index in [1.54, 1.807) is 32.0 Å². The van der Waals surface area contributed by atoms with E-state index in [1.165, 1.54) is 7.11 Å². The lowest BCUT2D eigenvalue weighted by Gasteiger charge is -2.19. The van der Waals surface area contributed by atoms with Crippen molar-refractivity contribution in [2.24, 2.45) is 11.8 Å². The zero-order valence-corrected chi connectivity index (χ0v) is 24.5. The number of hydrogen-bond donors (Lipinski definition) is 1. The standard InChI is InChI=1S/C30H47NO8/c1-7-10-11-14-27(32)37-18-17-31-24(30(35)36-6)19-23-15-16-25(38-28(33)21(4)12-8-2)26(20-23)39-29(34)22(5)13-9-3/h15-16,20-22,24,31H,7-14,17-19H2,1-6H3/t21?,22?,24-/m0/s1. The number of hydrogen-bond acceptors (Lipinski definition) is 9. The van der Waals surface area contributed by atoms with E-state index in [4.69, 9.17) is 18.9 Å². The van der Waals surface area contributed by atoms with E-state index in [0.717, 1.165) is 32.1 Å². The Kier molecular flexibility index (Phi) is 16.8. The Balaban J connectivity index is 3.00. The molecular formula is C30H47NO8. The molecular weight excluding hydrogens is 502 g/mol. The van der Waals surface area contributed by atoms with E-state index in [2.05, 4.69) is 12.2 Å². The Bertz CT molecular complexity index is 916. The molecule has 2 unspecified atom stereocenters. The summed E-state index contributed by atoms with van der Waals surface area (Å²) in [5.41, 5.74) is 0.668. The van der Waals surface area contributed by atoms with Crippen LogP contribution in [-0.2, 0) is 35.1 Å². The number of nitrogens with one attached hydrogen (secondary N) is 1. The Morgan fingerprint density at radius 3 is 2.00 bits per heavy atom. The third kappa shape index (κ3) is 13.1. The molecule has 0 aliphatic heterocycles. The normalized spacial score (nSPS) is 13.2. The van der Waals surface area contributed by atoms with E-state index < -0.39 is 23.9 Å². The predicted molar refractivity (Wildman–Crippen MR) is 148 cm³/mol. The minimum absolute atomic E-state index is 0.126. The fraction of sp³-hybridized carbons (Fsp3) is 0.667. The molecule has 0 heterocycles. The monoisotopic (exact) mass is 549 g/mol. The van der Waals surface area contributed by atoms with Gasteiger partial charge in [-0.2, -0.15) is 0 Å². The number of methoxy groups -OCH3 is 1.